The fourth-order valence-corrected chi connectivity index (χ4v) is 1.41. The molecule has 1 aromatic rings. The summed E-state index contributed by atoms with van der Waals surface area (Å²) in [6.45, 7) is 4.19. The van der Waals surface area contributed by atoms with Gasteiger partial charge in [-0.3, -0.25) is 14.6 Å². The van der Waals surface area contributed by atoms with Crippen molar-refractivity contribution >= 4 is 5.91 Å². The molecule has 0 aliphatic carbocycles. The highest BCUT2D eigenvalue weighted by atomic mass is 16.3. The minimum Gasteiger partial charge on any atom is -0.494 e. The highest BCUT2D eigenvalue weighted by molar-refractivity contribution is 5.94. The normalized spacial score (nSPS) is 12.5. The lowest BCUT2D eigenvalue weighted by molar-refractivity contribution is 0.0927. The van der Waals surface area contributed by atoms with Crippen LogP contribution in [-0.2, 0) is 0 Å². The number of carbonyl (C=O) groups is 1. The Bertz CT molecular complexity index is 454. The van der Waals surface area contributed by atoms with Gasteiger partial charge in [-0.25, -0.2) is 0 Å². The van der Waals surface area contributed by atoms with E-state index in [9.17, 15) is 14.7 Å². The van der Waals surface area contributed by atoms with Gasteiger partial charge in [-0.15, -0.1) is 0 Å². The average molecular weight is 239 g/mol. The summed E-state index contributed by atoms with van der Waals surface area (Å²) in [5, 5.41) is 11.9. The first-order valence-electron chi connectivity index (χ1n) is 5.38. The summed E-state index contributed by atoms with van der Waals surface area (Å²) in [6.07, 6.45) is 0. The molecular formula is C11H17N3O3. The highest BCUT2D eigenvalue weighted by Gasteiger charge is 2.16. The number of carbonyl (C=O) groups excluding carboxylic acids is 1. The second kappa shape index (κ2) is 5.49. The van der Waals surface area contributed by atoms with Crippen molar-refractivity contribution in [2.45, 2.75) is 19.9 Å². The third-order valence-electron chi connectivity index (χ3n) is 2.47. The summed E-state index contributed by atoms with van der Waals surface area (Å²) in [4.78, 5) is 25.0. The van der Waals surface area contributed by atoms with E-state index in [1.54, 1.807) is 0 Å². The summed E-state index contributed by atoms with van der Waals surface area (Å²) < 4.78 is 0. The van der Waals surface area contributed by atoms with Crippen LogP contribution in [0.15, 0.2) is 16.9 Å². The number of aromatic amines is 1. The average Bonchev–Trinajstić information content (AvgIpc) is 2.23. The number of pyridine rings is 1. The van der Waals surface area contributed by atoms with E-state index in [2.05, 4.69) is 10.3 Å². The van der Waals surface area contributed by atoms with E-state index in [1.807, 2.05) is 13.8 Å². The third-order valence-corrected chi connectivity index (χ3v) is 2.47. The van der Waals surface area contributed by atoms with Gasteiger partial charge < -0.3 is 16.2 Å². The third kappa shape index (κ3) is 3.60. The molecule has 1 heterocycles. The van der Waals surface area contributed by atoms with Crippen molar-refractivity contribution in [1.29, 1.82) is 0 Å². The Balaban J connectivity index is 2.86. The van der Waals surface area contributed by atoms with E-state index >= 15 is 0 Å². The summed E-state index contributed by atoms with van der Waals surface area (Å²) in [5.41, 5.74) is 5.12. The van der Waals surface area contributed by atoms with Crippen LogP contribution in [0.1, 0.15) is 24.2 Å². The molecule has 1 unspecified atom stereocenters. The van der Waals surface area contributed by atoms with Crippen LogP contribution in [0, 0.1) is 5.92 Å². The fourth-order valence-electron chi connectivity index (χ4n) is 1.41. The van der Waals surface area contributed by atoms with E-state index < -0.39 is 11.5 Å². The SMILES string of the molecule is CC(C)C(CN)NC(=O)c1cc(O)[nH]c(=O)c1. The van der Waals surface area contributed by atoms with E-state index in [1.165, 1.54) is 6.07 Å². The molecule has 0 radical (unpaired) electrons. The Kier molecular flexibility index (Phi) is 4.28. The van der Waals surface area contributed by atoms with Gasteiger partial charge in [-0.2, -0.15) is 0 Å². The van der Waals surface area contributed by atoms with Gasteiger partial charge >= 0.3 is 0 Å². The molecule has 6 nitrogen and oxygen atoms in total. The van der Waals surface area contributed by atoms with Crippen LogP contribution in [0.25, 0.3) is 0 Å². The van der Waals surface area contributed by atoms with E-state index in [-0.39, 0.29) is 23.4 Å². The lowest BCUT2D eigenvalue weighted by Gasteiger charge is -2.20. The number of nitrogens with two attached hydrogens (primary N) is 1. The quantitative estimate of drug-likeness (QED) is 0.583. The molecule has 0 aromatic carbocycles. The molecule has 0 aliphatic heterocycles. The number of rotatable bonds is 4. The lowest BCUT2D eigenvalue weighted by Crippen LogP contribution is -2.43. The smallest absolute Gasteiger partial charge is 0.251 e. The van der Waals surface area contributed by atoms with Crippen LogP contribution in [0.5, 0.6) is 5.88 Å². The van der Waals surface area contributed by atoms with Crippen LogP contribution in [0.2, 0.25) is 0 Å². The Hall–Kier alpha value is -1.82. The van der Waals surface area contributed by atoms with E-state index in [0.717, 1.165) is 6.07 Å². The zero-order valence-corrected chi connectivity index (χ0v) is 9.86. The first kappa shape index (κ1) is 13.2. The van der Waals surface area contributed by atoms with Gasteiger partial charge in [0.1, 0.15) is 0 Å². The minimum absolute atomic E-state index is 0.116. The van der Waals surface area contributed by atoms with Gasteiger partial charge in [0.15, 0.2) is 5.88 Å². The van der Waals surface area contributed by atoms with Gasteiger partial charge in [0.05, 0.1) is 5.56 Å². The zero-order chi connectivity index (χ0) is 13.0. The number of aromatic nitrogens is 1. The molecule has 6 heteroatoms. The lowest BCUT2D eigenvalue weighted by atomic mass is 10.0. The molecule has 17 heavy (non-hydrogen) atoms. The number of nitrogens with one attached hydrogen (secondary N) is 2. The van der Waals surface area contributed by atoms with Crippen molar-refractivity contribution in [3.63, 3.8) is 0 Å². The number of hydrogen-bond donors (Lipinski definition) is 4. The fraction of sp³-hybridized carbons (Fsp3) is 0.455. The molecule has 0 aliphatic rings. The number of amides is 1. The highest BCUT2D eigenvalue weighted by Crippen LogP contribution is 2.06. The molecule has 1 rings (SSSR count). The van der Waals surface area contributed by atoms with Crippen LogP contribution in [0.3, 0.4) is 0 Å². The van der Waals surface area contributed by atoms with Gasteiger partial charge in [-0.1, -0.05) is 13.8 Å². The first-order valence-corrected chi connectivity index (χ1v) is 5.38. The molecule has 0 spiro atoms. The molecule has 0 fully saturated rings. The molecule has 5 N–H and O–H groups in total. The monoisotopic (exact) mass is 239 g/mol. The topological polar surface area (TPSA) is 108 Å². The molecule has 0 bridgehead atoms. The summed E-state index contributed by atoms with van der Waals surface area (Å²) >= 11 is 0. The number of H-pyrrole nitrogens is 1. The number of aromatic hydroxyl groups is 1. The zero-order valence-electron chi connectivity index (χ0n) is 9.86. The van der Waals surface area contributed by atoms with Crippen molar-refractivity contribution in [1.82, 2.24) is 10.3 Å². The Labute approximate surface area is 98.8 Å². The van der Waals surface area contributed by atoms with Crippen molar-refractivity contribution in [3.05, 3.63) is 28.0 Å². The van der Waals surface area contributed by atoms with E-state index in [4.69, 9.17) is 5.73 Å². The van der Waals surface area contributed by atoms with Crippen LogP contribution in [-0.4, -0.2) is 28.6 Å². The largest absolute Gasteiger partial charge is 0.494 e. The molecular weight excluding hydrogens is 222 g/mol. The van der Waals surface area contributed by atoms with Gasteiger partial charge in [-0.05, 0) is 5.92 Å². The number of hydrogen-bond acceptors (Lipinski definition) is 4. The van der Waals surface area contributed by atoms with Crippen molar-refractivity contribution in [2.75, 3.05) is 6.54 Å². The Morgan fingerprint density at radius 1 is 1.53 bits per heavy atom. The molecule has 0 saturated carbocycles. The second-order valence-corrected chi connectivity index (χ2v) is 4.18. The van der Waals surface area contributed by atoms with Crippen molar-refractivity contribution in [3.8, 4) is 5.88 Å². The predicted molar refractivity (Wildman–Crippen MR) is 63.9 cm³/mol. The van der Waals surface area contributed by atoms with Crippen LogP contribution >= 0.6 is 0 Å². The second-order valence-electron chi connectivity index (χ2n) is 4.18. The standard InChI is InChI=1S/C11H17N3O3/c1-6(2)8(5-12)13-11(17)7-3-9(15)14-10(16)4-7/h3-4,6,8H,5,12H2,1-2H3,(H,13,17)(H2,14,15,16). The molecule has 0 saturated heterocycles. The molecule has 1 atom stereocenters. The van der Waals surface area contributed by atoms with Gasteiger partial charge in [0.25, 0.3) is 11.5 Å². The van der Waals surface area contributed by atoms with Crippen molar-refractivity contribution in [2.24, 2.45) is 11.7 Å². The maximum Gasteiger partial charge on any atom is 0.251 e. The van der Waals surface area contributed by atoms with Gasteiger partial charge in [0.2, 0.25) is 0 Å². The van der Waals surface area contributed by atoms with Crippen LogP contribution < -0.4 is 16.6 Å². The van der Waals surface area contributed by atoms with E-state index in [0.29, 0.717) is 6.54 Å². The molecule has 94 valence electrons. The van der Waals surface area contributed by atoms with Crippen LogP contribution in [0.4, 0.5) is 0 Å². The summed E-state index contributed by atoms with van der Waals surface area (Å²) in [7, 11) is 0. The molecule has 1 amide bonds. The summed E-state index contributed by atoms with van der Waals surface area (Å²) in [6, 6.07) is 2.16. The minimum atomic E-state index is -0.524. The van der Waals surface area contributed by atoms with Crippen molar-refractivity contribution < 1.29 is 9.90 Å². The maximum absolute atomic E-state index is 11.8. The summed E-state index contributed by atoms with van der Waals surface area (Å²) in [5.74, 6) is -0.563. The molecule has 1 aromatic heterocycles. The Morgan fingerprint density at radius 2 is 2.18 bits per heavy atom. The van der Waals surface area contributed by atoms with Gasteiger partial charge in [0, 0.05) is 24.7 Å². The Morgan fingerprint density at radius 3 is 2.65 bits per heavy atom. The first-order chi connectivity index (χ1) is 7.93. The maximum atomic E-state index is 11.8. The predicted octanol–water partition coefficient (Wildman–Crippen LogP) is -0.206.